The van der Waals surface area contributed by atoms with Gasteiger partial charge in [0.25, 0.3) is 0 Å². The summed E-state index contributed by atoms with van der Waals surface area (Å²) in [5.41, 5.74) is -0.788. The van der Waals surface area contributed by atoms with Crippen molar-refractivity contribution in [1.29, 1.82) is 0 Å². The maximum absolute atomic E-state index is 11.2. The molecule has 2 heterocycles. The van der Waals surface area contributed by atoms with Crippen molar-refractivity contribution in [2.75, 3.05) is 11.4 Å². The SMILES string of the molecule is CC1CCCN(c2cc(C(=O)O)c([N+](=O)[O-])cn2)C1C. The first-order valence-electron chi connectivity index (χ1n) is 6.56. The number of anilines is 1. The van der Waals surface area contributed by atoms with Gasteiger partial charge in [-0.25, -0.2) is 9.78 Å². The van der Waals surface area contributed by atoms with Gasteiger partial charge in [-0.05, 0) is 25.7 Å². The van der Waals surface area contributed by atoms with E-state index in [4.69, 9.17) is 5.11 Å². The molecule has 1 aliphatic heterocycles. The van der Waals surface area contributed by atoms with Crippen molar-refractivity contribution in [3.63, 3.8) is 0 Å². The summed E-state index contributed by atoms with van der Waals surface area (Å²) in [7, 11) is 0. The van der Waals surface area contributed by atoms with E-state index in [9.17, 15) is 14.9 Å². The molecule has 1 N–H and O–H groups in total. The van der Waals surface area contributed by atoms with Gasteiger partial charge in [-0.3, -0.25) is 10.1 Å². The molecule has 2 rings (SSSR count). The number of carbonyl (C=O) groups is 1. The monoisotopic (exact) mass is 279 g/mol. The lowest BCUT2D eigenvalue weighted by atomic mass is 9.92. The third kappa shape index (κ3) is 2.56. The van der Waals surface area contributed by atoms with Crippen molar-refractivity contribution in [3.05, 3.63) is 27.9 Å². The molecule has 0 saturated carbocycles. The molecule has 2 unspecified atom stereocenters. The van der Waals surface area contributed by atoms with E-state index in [0.29, 0.717) is 11.7 Å². The van der Waals surface area contributed by atoms with Crippen LogP contribution in [0.2, 0.25) is 0 Å². The van der Waals surface area contributed by atoms with Gasteiger partial charge in [0.15, 0.2) is 0 Å². The number of piperidine rings is 1. The molecule has 20 heavy (non-hydrogen) atoms. The minimum absolute atomic E-state index is 0.236. The fraction of sp³-hybridized carbons (Fsp3) is 0.538. The summed E-state index contributed by atoms with van der Waals surface area (Å²) in [4.78, 5) is 27.3. The molecule has 7 heteroatoms. The highest BCUT2D eigenvalue weighted by molar-refractivity contribution is 5.93. The Bertz CT molecular complexity index is 546. The third-order valence-electron chi connectivity index (χ3n) is 3.96. The fourth-order valence-electron chi connectivity index (χ4n) is 2.57. The number of hydrogen-bond acceptors (Lipinski definition) is 5. The van der Waals surface area contributed by atoms with Gasteiger partial charge in [0, 0.05) is 18.7 Å². The Hall–Kier alpha value is -2.18. The average Bonchev–Trinajstić information content (AvgIpc) is 2.41. The van der Waals surface area contributed by atoms with E-state index in [-0.39, 0.29) is 11.6 Å². The second-order valence-corrected chi connectivity index (χ2v) is 5.18. The molecule has 0 bridgehead atoms. The Balaban J connectivity index is 2.40. The first-order valence-corrected chi connectivity index (χ1v) is 6.56. The Morgan fingerprint density at radius 2 is 2.25 bits per heavy atom. The van der Waals surface area contributed by atoms with E-state index in [2.05, 4.69) is 18.8 Å². The second kappa shape index (κ2) is 5.44. The number of carboxylic acids is 1. The van der Waals surface area contributed by atoms with Gasteiger partial charge >= 0.3 is 11.7 Å². The number of pyridine rings is 1. The maximum Gasteiger partial charge on any atom is 0.342 e. The second-order valence-electron chi connectivity index (χ2n) is 5.18. The highest BCUT2D eigenvalue weighted by atomic mass is 16.6. The Labute approximate surface area is 116 Å². The lowest BCUT2D eigenvalue weighted by Crippen LogP contribution is -2.43. The summed E-state index contributed by atoms with van der Waals surface area (Å²) in [5, 5.41) is 19.9. The van der Waals surface area contributed by atoms with Crippen molar-refractivity contribution >= 4 is 17.5 Å². The molecule has 0 aromatic carbocycles. The van der Waals surface area contributed by atoms with Crippen LogP contribution in [0.1, 0.15) is 37.0 Å². The number of rotatable bonds is 3. The number of nitro groups is 1. The highest BCUT2D eigenvalue weighted by Gasteiger charge is 2.28. The van der Waals surface area contributed by atoms with Gasteiger partial charge in [0.05, 0.1) is 4.92 Å². The number of carboxylic acid groups (broad SMARTS) is 1. The standard InChI is InChI=1S/C13H17N3O4/c1-8-4-3-5-15(9(8)2)12-6-10(13(17)18)11(7-14-12)16(19)20/h6-9H,3-5H2,1-2H3,(H,17,18). The number of hydrogen-bond donors (Lipinski definition) is 1. The number of nitrogens with zero attached hydrogens (tertiary/aromatic N) is 3. The van der Waals surface area contributed by atoms with E-state index < -0.39 is 16.6 Å². The van der Waals surface area contributed by atoms with E-state index in [0.717, 1.165) is 25.6 Å². The van der Waals surface area contributed by atoms with Crippen molar-refractivity contribution in [1.82, 2.24) is 4.98 Å². The smallest absolute Gasteiger partial charge is 0.342 e. The topological polar surface area (TPSA) is 96.6 Å². The largest absolute Gasteiger partial charge is 0.477 e. The summed E-state index contributed by atoms with van der Waals surface area (Å²) in [6.45, 7) is 4.99. The third-order valence-corrected chi connectivity index (χ3v) is 3.96. The summed E-state index contributed by atoms with van der Waals surface area (Å²) in [5.74, 6) is -0.334. The Morgan fingerprint density at radius 1 is 1.55 bits per heavy atom. The maximum atomic E-state index is 11.2. The van der Waals surface area contributed by atoms with Crippen LogP contribution in [0.3, 0.4) is 0 Å². The molecule has 0 amide bonds. The first-order chi connectivity index (χ1) is 9.41. The molecule has 0 aliphatic carbocycles. The van der Waals surface area contributed by atoms with Crippen molar-refractivity contribution in [2.24, 2.45) is 5.92 Å². The van der Waals surface area contributed by atoms with Crippen molar-refractivity contribution < 1.29 is 14.8 Å². The van der Waals surface area contributed by atoms with Crippen LogP contribution in [0.5, 0.6) is 0 Å². The molecule has 0 spiro atoms. The molecule has 108 valence electrons. The van der Waals surface area contributed by atoms with Gasteiger partial charge in [0.2, 0.25) is 0 Å². The molecule has 1 saturated heterocycles. The first kappa shape index (κ1) is 14.2. The minimum atomic E-state index is -1.31. The average molecular weight is 279 g/mol. The van der Waals surface area contributed by atoms with E-state index in [1.54, 1.807) is 0 Å². The van der Waals surface area contributed by atoms with Crippen molar-refractivity contribution in [3.8, 4) is 0 Å². The van der Waals surface area contributed by atoms with E-state index in [1.165, 1.54) is 6.07 Å². The molecular formula is C13H17N3O4. The summed E-state index contributed by atoms with van der Waals surface area (Å²) in [6.07, 6.45) is 3.16. The predicted octanol–water partition coefficient (Wildman–Crippen LogP) is 2.31. The normalized spacial score (nSPS) is 22.6. The van der Waals surface area contributed by atoms with Crippen LogP contribution in [0.15, 0.2) is 12.3 Å². The zero-order valence-corrected chi connectivity index (χ0v) is 11.4. The van der Waals surface area contributed by atoms with Crippen LogP contribution in [0.25, 0.3) is 0 Å². The van der Waals surface area contributed by atoms with Gasteiger partial charge in [-0.2, -0.15) is 0 Å². The van der Waals surface area contributed by atoms with Crippen LogP contribution in [0.4, 0.5) is 11.5 Å². The molecule has 0 radical (unpaired) electrons. The van der Waals surface area contributed by atoms with Gasteiger partial charge in [0.1, 0.15) is 17.6 Å². The molecule has 1 aromatic heterocycles. The quantitative estimate of drug-likeness (QED) is 0.673. The van der Waals surface area contributed by atoms with Crippen LogP contribution in [-0.4, -0.2) is 33.6 Å². The van der Waals surface area contributed by atoms with Crippen LogP contribution < -0.4 is 4.90 Å². The molecule has 7 nitrogen and oxygen atoms in total. The van der Waals surface area contributed by atoms with Gasteiger partial charge in [-0.15, -0.1) is 0 Å². The Morgan fingerprint density at radius 3 is 2.85 bits per heavy atom. The molecular weight excluding hydrogens is 262 g/mol. The zero-order chi connectivity index (χ0) is 14.9. The minimum Gasteiger partial charge on any atom is -0.477 e. The van der Waals surface area contributed by atoms with Gasteiger partial charge < -0.3 is 10.0 Å². The zero-order valence-electron chi connectivity index (χ0n) is 11.4. The van der Waals surface area contributed by atoms with Crippen molar-refractivity contribution in [2.45, 2.75) is 32.7 Å². The fourth-order valence-corrected chi connectivity index (χ4v) is 2.57. The number of aromatic carboxylic acids is 1. The lowest BCUT2D eigenvalue weighted by molar-refractivity contribution is -0.385. The van der Waals surface area contributed by atoms with E-state index in [1.807, 2.05) is 4.90 Å². The van der Waals surface area contributed by atoms with Crippen LogP contribution in [-0.2, 0) is 0 Å². The van der Waals surface area contributed by atoms with Crippen LogP contribution in [0, 0.1) is 16.0 Å². The van der Waals surface area contributed by atoms with E-state index >= 15 is 0 Å². The highest BCUT2D eigenvalue weighted by Crippen LogP contribution is 2.29. The number of aromatic nitrogens is 1. The Kier molecular flexibility index (Phi) is 3.87. The molecule has 1 aromatic rings. The lowest BCUT2D eigenvalue weighted by Gasteiger charge is -2.38. The molecule has 1 fully saturated rings. The molecule has 1 aliphatic rings. The summed E-state index contributed by atoms with van der Waals surface area (Å²) < 4.78 is 0. The van der Waals surface area contributed by atoms with Crippen LogP contribution >= 0.6 is 0 Å². The van der Waals surface area contributed by atoms with Gasteiger partial charge in [-0.1, -0.05) is 6.92 Å². The molecule has 2 atom stereocenters. The predicted molar refractivity (Wildman–Crippen MR) is 73.1 cm³/mol. The summed E-state index contributed by atoms with van der Waals surface area (Å²) in [6, 6.07) is 1.54. The summed E-state index contributed by atoms with van der Waals surface area (Å²) >= 11 is 0.